The summed E-state index contributed by atoms with van der Waals surface area (Å²) in [5.41, 5.74) is 7.16. The van der Waals surface area contributed by atoms with Crippen molar-refractivity contribution in [3.63, 3.8) is 0 Å². The quantitative estimate of drug-likeness (QED) is 0.729. The van der Waals surface area contributed by atoms with Crippen LogP contribution >= 0.6 is 0 Å². The molecule has 1 heterocycles. The number of aromatic nitrogens is 2. The Hall–Kier alpha value is -2.65. The van der Waals surface area contributed by atoms with Crippen molar-refractivity contribution < 1.29 is 4.39 Å². The second-order valence-corrected chi connectivity index (χ2v) is 6.22. The summed E-state index contributed by atoms with van der Waals surface area (Å²) < 4.78 is 13.3. The molecule has 2 aromatic rings. The number of hydrogen-bond donors (Lipinski definition) is 3. The van der Waals surface area contributed by atoms with E-state index in [1.165, 1.54) is 12.1 Å². The van der Waals surface area contributed by atoms with Crippen molar-refractivity contribution in [3.05, 3.63) is 41.8 Å². The van der Waals surface area contributed by atoms with E-state index in [2.05, 4.69) is 39.4 Å². The Morgan fingerprint density at radius 1 is 1.36 bits per heavy atom. The lowest BCUT2D eigenvalue weighted by atomic mass is 9.81. The Kier molecular flexibility index (Phi) is 5.46. The summed E-state index contributed by atoms with van der Waals surface area (Å²) in [6.45, 7) is 2.88. The Morgan fingerprint density at radius 2 is 2.20 bits per heavy atom. The highest BCUT2D eigenvalue weighted by molar-refractivity contribution is 5.59. The predicted molar refractivity (Wildman–Crippen MR) is 98.1 cm³/mol. The molecule has 5 nitrogen and oxygen atoms in total. The third kappa shape index (κ3) is 4.68. The lowest BCUT2D eigenvalue weighted by molar-refractivity contribution is 0.335. The summed E-state index contributed by atoms with van der Waals surface area (Å²) in [6, 6.07) is 6.48. The molecule has 0 radical (unpaired) electrons. The van der Waals surface area contributed by atoms with Crippen molar-refractivity contribution in [1.29, 1.82) is 0 Å². The average molecular weight is 339 g/mol. The number of halogens is 1. The fraction of sp³-hybridized carbons (Fsp3) is 0.368. The summed E-state index contributed by atoms with van der Waals surface area (Å²) >= 11 is 0. The van der Waals surface area contributed by atoms with Crippen LogP contribution in [0.5, 0.6) is 0 Å². The van der Waals surface area contributed by atoms with Crippen LogP contribution < -0.4 is 16.4 Å². The topological polar surface area (TPSA) is 75.9 Å². The molecule has 1 aliphatic rings. The Balaban J connectivity index is 1.79. The molecule has 0 bridgehead atoms. The Morgan fingerprint density at radius 3 is 2.92 bits per heavy atom. The van der Waals surface area contributed by atoms with E-state index >= 15 is 0 Å². The van der Waals surface area contributed by atoms with Crippen LogP contribution in [0.25, 0.3) is 0 Å². The lowest BCUT2D eigenvalue weighted by Gasteiger charge is -2.27. The van der Waals surface area contributed by atoms with Crippen LogP contribution in [0.1, 0.15) is 31.7 Å². The number of benzene rings is 1. The monoisotopic (exact) mass is 339 g/mol. The second kappa shape index (κ2) is 7.95. The first kappa shape index (κ1) is 17.2. The molecule has 0 spiro atoms. The fourth-order valence-electron chi connectivity index (χ4n) is 2.57. The highest BCUT2D eigenvalue weighted by atomic mass is 19.1. The maximum atomic E-state index is 13.3. The molecule has 4 N–H and O–H groups in total. The number of rotatable bonds is 5. The van der Waals surface area contributed by atoms with E-state index in [0.717, 1.165) is 31.4 Å². The normalized spacial score (nSPS) is 18.7. The molecule has 0 atom stereocenters. The van der Waals surface area contributed by atoms with Gasteiger partial charge in [0.05, 0.1) is 11.8 Å². The molecule has 3 rings (SSSR count). The van der Waals surface area contributed by atoms with Crippen LogP contribution in [0.2, 0.25) is 0 Å². The first-order valence-corrected chi connectivity index (χ1v) is 8.54. The minimum absolute atomic E-state index is 0.283. The summed E-state index contributed by atoms with van der Waals surface area (Å²) in [5, 5.41) is 6.29. The standard InChI is InChI=1S/C19H22FN5/c1-2-8-22-18-14(7-6-13-9-16(21)10-13)12-23-19(25-18)24-17-5-3-4-15(20)11-17/h3-5,11-13,16H,2,8-10,21H2,1H3,(H2,22,23,24,25)/t13-,16+. The SMILES string of the molecule is CCCNc1nc(Nc2cccc(F)c2)ncc1C#C[C@H]1C[C@@H](N)C1. The van der Waals surface area contributed by atoms with Crippen LogP contribution in [0.15, 0.2) is 30.5 Å². The van der Waals surface area contributed by atoms with Crippen LogP contribution in [0, 0.1) is 23.6 Å². The minimum Gasteiger partial charge on any atom is -0.369 e. The second-order valence-electron chi connectivity index (χ2n) is 6.22. The average Bonchev–Trinajstić information content (AvgIpc) is 2.57. The molecule has 130 valence electrons. The molecule has 1 aromatic heterocycles. The van der Waals surface area contributed by atoms with Gasteiger partial charge in [-0.2, -0.15) is 4.98 Å². The van der Waals surface area contributed by atoms with Gasteiger partial charge in [0.15, 0.2) is 0 Å². The van der Waals surface area contributed by atoms with E-state index < -0.39 is 0 Å². The molecule has 25 heavy (non-hydrogen) atoms. The number of nitrogens with two attached hydrogens (primary N) is 1. The molecule has 1 saturated carbocycles. The van der Waals surface area contributed by atoms with Crippen LogP contribution in [0.4, 0.5) is 21.8 Å². The van der Waals surface area contributed by atoms with Crippen molar-refractivity contribution in [2.75, 3.05) is 17.2 Å². The zero-order valence-corrected chi connectivity index (χ0v) is 14.2. The first-order chi connectivity index (χ1) is 12.1. The smallest absolute Gasteiger partial charge is 0.229 e. The van der Waals surface area contributed by atoms with Crippen molar-refractivity contribution in [3.8, 4) is 11.8 Å². The highest BCUT2D eigenvalue weighted by Crippen LogP contribution is 2.25. The van der Waals surface area contributed by atoms with E-state index in [0.29, 0.717) is 23.4 Å². The summed E-state index contributed by atoms with van der Waals surface area (Å²) in [6.07, 6.45) is 4.56. The summed E-state index contributed by atoms with van der Waals surface area (Å²) in [7, 11) is 0. The van der Waals surface area contributed by atoms with E-state index in [9.17, 15) is 4.39 Å². The number of nitrogens with zero attached hydrogens (tertiary/aromatic N) is 2. The first-order valence-electron chi connectivity index (χ1n) is 8.54. The largest absolute Gasteiger partial charge is 0.369 e. The summed E-state index contributed by atoms with van der Waals surface area (Å²) in [4.78, 5) is 8.79. The molecule has 0 amide bonds. The van der Waals surface area contributed by atoms with Gasteiger partial charge in [-0.05, 0) is 37.5 Å². The minimum atomic E-state index is -0.310. The number of hydrogen-bond acceptors (Lipinski definition) is 5. The van der Waals surface area contributed by atoms with Crippen LogP contribution in [-0.4, -0.2) is 22.6 Å². The molecule has 1 aromatic carbocycles. The van der Waals surface area contributed by atoms with Gasteiger partial charge in [-0.3, -0.25) is 0 Å². The molecule has 1 aliphatic carbocycles. The van der Waals surface area contributed by atoms with Crippen LogP contribution in [0.3, 0.4) is 0 Å². The fourth-order valence-corrected chi connectivity index (χ4v) is 2.57. The van der Waals surface area contributed by atoms with Gasteiger partial charge < -0.3 is 16.4 Å². The van der Waals surface area contributed by atoms with E-state index in [4.69, 9.17) is 5.73 Å². The van der Waals surface area contributed by atoms with E-state index in [-0.39, 0.29) is 11.9 Å². The third-order valence-corrected chi connectivity index (χ3v) is 4.00. The molecular formula is C19H22FN5. The Labute approximate surface area is 147 Å². The predicted octanol–water partition coefficient (Wildman–Crippen LogP) is 3.27. The van der Waals surface area contributed by atoms with Gasteiger partial charge in [0.2, 0.25) is 5.95 Å². The zero-order valence-electron chi connectivity index (χ0n) is 14.2. The van der Waals surface area contributed by atoms with Gasteiger partial charge in [-0.15, -0.1) is 0 Å². The van der Waals surface area contributed by atoms with Gasteiger partial charge >= 0.3 is 0 Å². The maximum absolute atomic E-state index is 13.3. The van der Waals surface area contributed by atoms with Gasteiger partial charge in [0.25, 0.3) is 0 Å². The van der Waals surface area contributed by atoms with Gasteiger partial charge in [0, 0.05) is 24.2 Å². The number of nitrogens with one attached hydrogen (secondary N) is 2. The van der Waals surface area contributed by atoms with Gasteiger partial charge in [0.1, 0.15) is 11.6 Å². The van der Waals surface area contributed by atoms with Crippen molar-refractivity contribution >= 4 is 17.5 Å². The molecule has 0 unspecified atom stereocenters. The third-order valence-electron chi connectivity index (χ3n) is 4.00. The van der Waals surface area contributed by atoms with Crippen molar-refractivity contribution in [2.45, 2.75) is 32.2 Å². The summed E-state index contributed by atoms with van der Waals surface area (Å²) in [5.74, 6) is 7.54. The molecule has 0 saturated heterocycles. The highest BCUT2D eigenvalue weighted by Gasteiger charge is 2.23. The molecule has 0 aliphatic heterocycles. The maximum Gasteiger partial charge on any atom is 0.229 e. The number of anilines is 3. The van der Waals surface area contributed by atoms with Crippen LogP contribution in [-0.2, 0) is 0 Å². The molecular weight excluding hydrogens is 317 g/mol. The van der Waals surface area contributed by atoms with Crippen molar-refractivity contribution in [1.82, 2.24) is 9.97 Å². The van der Waals surface area contributed by atoms with Crippen molar-refractivity contribution in [2.24, 2.45) is 11.7 Å². The Bertz CT molecular complexity index is 790. The van der Waals surface area contributed by atoms with E-state index in [1.54, 1.807) is 18.3 Å². The molecule has 1 fully saturated rings. The van der Waals surface area contributed by atoms with Gasteiger partial charge in [-0.1, -0.05) is 24.8 Å². The van der Waals surface area contributed by atoms with Gasteiger partial charge in [-0.25, -0.2) is 9.37 Å². The van der Waals surface area contributed by atoms with E-state index in [1.807, 2.05) is 0 Å². The molecule has 6 heteroatoms. The lowest BCUT2D eigenvalue weighted by Crippen LogP contribution is -2.35. The zero-order chi connectivity index (χ0) is 17.6.